The first-order valence-corrected chi connectivity index (χ1v) is 8.04. The van der Waals surface area contributed by atoms with Crippen molar-refractivity contribution in [3.63, 3.8) is 0 Å². The number of nitrogen functional groups attached to an aromatic ring is 1. The van der Waals surface area contributed by atoms with Crippen molar-refractivity contribution >= 4 is 15.7 Å². The lowest BCUT2D eigenvalue weighted by Gasteiger charge is -2.10. The maximum Gasteiger partial charge on any atom is 0.240 e. The molecule has 0 saturated carbocycles. The first-order valence-electron chi connectivity index (χ1n) is 6.56. The molecule has 0 amide bonds. The van der Waals surface area contributed by atoms with Crippen LogP contribution in [0.4, 0.5) is 5.69 Å². The zero-order chi connectivity index (χ0) is 15.5. The normalized spacial score (nSPS) is 11.3. The third-order valence-corrected chi connectivity index (χ3v) is 4.53. The number of sulfonamides is 1. The van der Waals surface area contributed by atoms with Gasteiger partial charge in [0, 0.05) is 0 Å². The summed E-state index contributed by atoms with van der Waals surface area (Å²) < 4.78 is 31.3. The van der Waals surface area contributed by atoms with E-state index in [1.807, 2.05) is 24.3 Å². The molecule has 5 nitrogen and oxygen atoms in total. The highest BCUT2D eigenvalue weighted by molar-refractivity contribution is 7.89. The summed E-state index contributed by atoms with van der Waals surface area (Å²) in [5.74, 6) is 1.08. The van der Waals surface area contributed by atoms with Gasteiger partial charge in [-0.15, -0.1) is 0 Å². The number of hydrogen-bond donors (Lipinski definition) is 2. The summed E-state index contributed by atoms with van der Waals surface area (Å²) in [4.78, 5) is 0.108. The zero-order valence-electron chi connectivity index (χ0n) is 12.0. The standard InChI is InChI=1S/C15H18N2O3S/c1-3-11-4-6-12(7-5-11)20-15-9-8-13(10-14(15)16)21(18,19)17-2/h4-10,17H,3,16H2,1-2H3. The van der Waals surface area contributed by atoms with Gasteiger partial charge in [-0.05, 0) is 49.4 Å². The van der Waals surface area contributed by atoms with Gasteiger partial charge in [-0.1, -0.05) is 19.1 Å². The van der Waals surface area contributed by atoms with Crippen molar-refractivity contribution in [3.05, 3.63) is 48.0 Å². The SMILES string of the molecule is CCc1ccc(Oc2ccc(S(=O)(=O)NC)cc2N)cc1. The van der Waals surface area contributed by atoms with Crippen LogP contribution in [0.15, 0.2) is 47.4 Å². The Morgan fingerprint density at radius 1 is 1.14 bits per heavy atom. The van der Waals surface area contributed by atoms with E-state index in [1.165, 1.54) is 24.7 Å². The molecule has 0 aromatic heterocycles. The summed E-state index contributed by atoms with van der Waals surface area (Å²) in [7, 11) is -2.15. The molecular formula is C15H18N2O3S. The van der Waals surface area contributed by atoms with E-state index in [-0.39, 0.29) is 10.6 Å². The van der Waals surface area contributed by atoms with Crippen molar-refractivity contribution < 1.29 is 13.2 Å². The maximum absolute atomic E-state index is 11.7. The van der Waals surface area contributed by atoms with Crippen LogP contribution in [0.25, 0.3) is 0 Å². The fraction of sp³-hybridized carbons (Fsp3) is 0.200. The van der Waals surface area contributed by atoms with E-state index >= 15 is 0 Å². The summed E-state index contributed by atoms with van der Waals surface area (Å²) in [5.41, 5.74) is 7.34. The first-order chi connectivity index (χ1) is 9.96. The van der Waals surface area contributed by atoms with Crippen LogP contribution in [0.2, 0.25) is 0 Å². The third-order valence-electron chi connectivity index (χ3n) is 3.12. The Labute approximate surface area is 124 Å². The van der Waals surface area contributed by atoms with E-state index in [0.717, 1.165) is 6.42 Å². The van der Waals surface area contributed by atoms with E-state index in [0.29, 0.717) is 11.5 Å². The van der Waals surface area contributed by atoms with Gasteiger partial charge in [0.15, 0.2) is 0 Å². The van der Waals surface area contributed by atoms with Gasteiger partial charge in [-0.25, -0.2) is 13.1 Å². The molecule has 0 atom stereocenters. The maximum atomic E-state index is 11.7. The average molecular weight is 306 g/mol. The van der Waals surface area contributed by atoms with Gasteiger partial charge in [0.25, 0.3) is 0 Å². The van der Waals surface area contributed by atoms with E-state index in [2.05, 4.69) is 11.6 Å². The van der Waals surface area contributed by atoms with Crippen molar-refractivity contribution in [3.8, 4) is 11.5 Å². The van der Waals surface area contributed by atoms with Gasteiger partial charge in [-0.3, -0.25) is 0 Å². The van der Waals surface area contributed by atoms with Crippen molar-refractivity contribution in [2.24, 2.45) is 0 Å². The van der Waals surface area contributed by atoms with Crippen LogP contribution < -0.4 is 15.2 Å². The molecule has 0 bridgehead atoms. The Bertz CT molecular complexity index is 725. The molecule has 2 rings (SSSR count). The lowest BCUT2D eigenvalue weighted by molar-refractivity contribution is 0.484. The van der Waals surface area contributed by atoms with E-state index < -0.39 is 10.0 Å². The van der Waals surface area contributed by atoms with Gasteiger partial charge < -0.3 is 10.5 Å². The Morgan fingerprint density at radius 2 is 1.81 bits per heavy atom. The molecule has 0 heterocycles. The van der Waals surface area contributed by atoms with Gasteiger partial charge in [-0.2, -0.15) is 0 Å². The second-order valence-electron chi connectivity index (χ2n) is 4.51. The first kappa shape index (κ1) is 15.3. The Morgan fingerprint density at radius 3 is 2.33 bits per heavy atom. The molecule has 0 unspecified atom stereocenters. The van der Waals surface area contributed by atoms with Crippen LogP contribution in [0, 0.1) is 0 Å². The summed E-state index contributed by atoms with van der Waals surface area (Å²) in [6.45, 7) is 2.08. The predicted octanol–water partition coefficient (Wildman–Crippen LogP) is 2.53. The number of rotatable bonds is 5. The second kappa shape index (κ2) is 6.15. The number of nitrogens with one attached hydrogen (secondary N) is 1. The van der Waals surface area contributed by atoms with Gasteiger partial charge in [0.2, 0.25) is 10.0 Å². The number of benzene rings is 2. The van der Waals surface area contributed by atoms with Gasteiger partial charge in [0.05, 0.1) is 10.6 Å². The quantitative estimate of drug-likeness (QED) is 0.832. The van der Waals surface area contributed by atoms with Crippen molar-refractivity contribution in [2.75, 3.05) is 12.8 Å². The highest BCUT2D eigenvalue weighted by Crippen LogP contribution is 2.29. The molecule has 0 aliphatic heterocycles. The average Bonchev–Trinajstić information content (AvgIpc) is 2.50. The molecule has 2 aromatic carbocycles. The zero-order valence-corrected chi connectivity index (χ0v) is 12.8. The molecule has 0 fully saturated rings. The van der Waals surface area contributed by atoms with E-state index in [9.17, 15) is 8.42 Å². The van der Waals surface area contributed by atoms with E-state index in [1.54, 1.807) is 6.07 Å². The Balaban J connectivity index is 2.25. The van der Waals surface area contributed by atoms with Crippen molar-refractivity contribution in [1.29, 1.82) is 0 Å². The number of aryl methyl sites for hydroxylation is 1. The highest BCUT2D eigenvalue weighted by atomic mass is 32.2. The molecule has 0 aliphatic carbocycles. The van der Waals surface area contributed by atoms with Crippen LogP contribution in [-0.2, 0) is 16.4 Å². The number of nitrogens with two attached hydrogens (primary N) is 1. The molecule has 112 valence electrons. The van der Waals surface area contributed by atoms with Gasteiger partial charge in [0.1, 0.15) is 11.5 Å². The Kier molecular flexibility index (Phi) is 4.50. The molecule has 6 heteroatoms. The summed E-state index contributed by atoms with van der Waals surface area (Å²) >= 11 is 0. The fourth-order valence-corrected chi connectivity index (χ4v) is 2.59. The van der Waals surface area contributed by atoms with E-state index in [4.69, 9.17) is 10.5 Å². The van der Waals surface area contributed by atoms with Crippen LogP contribution in [-0.4, -0.2) is 15.5 Å². The summed E-state index contributed by atoms with van der Waals surface area (Å²) in [6.07, 6.45) is 0.957. The molecule has 2 aromatic rings. The molecule has 21 heavy (non-hydrogen) atoms. The minimum Gasteiger partial charge on any atom is -0.455 e. The summed E-state index contributed by atoms with van der Waals surface area (Å²) in [6, 6.07) is 12.1. The molecular weight excluding hydrogens is 288 g/mol. The largest absolute Gasteiger partial charge is 0.455 e. The molecule has 0 radical (unpaired) electrons. The third kappa shape index (κ3) is 3.53. The fourth-order valence-electron chi connectivity index (χ4n) is 1.82. The molecule has 0 aliphatic rings. The number of ether oxygens (including phenoxy) is 1. The van der Waals surface area contributed by atoms with Crippen LogP contribution >= 0.6 is 0 Å². The lowest BCUT2D eigenvalue weighted by atomic mass is 10.2. The lowest BCUT2D eigenvalue weighted by Crippen LogP contribution is -2.18. The highest BCUT2D eigenvalue weighted by Gasteiger charge is 2.13. The molecule has 0 saturated heterocycles. The van der Waals surface area contributed by atoms with Crippen molar-refractivity contribution in [2.45, 2.75) is 18.2 Å². The van der Waals surface area contributed by atoms with Crippen molar-refractivity contribution in [1.82, 2.24) is 4.72 Å². The molecule has 0 spiro atoms. The minimum atomic E-state index is -3.50. The van der Waals surface area contributed by atoms with Crippen LogP contribution in [0.1, 0.15) is 12.5 Å². The summed E-state index contributed by atoms with van der Waals surface area (Å²) in [5, 5.41) is 0. The monoisotopic (exact) mass is 306 g/mol. The van der Waals surface area contributed by atoms with Crippen LogP contribution in [0.3, 0.4) is 0 Å². The Hall–Kier alpha value is -2.05. The minimum absolute atomic E-state index is 0.108. The second-order valence-corrected chi connectivity index (χ2v) is 6.39. The molecule has 3 N–H and O–H groups in total. The number of hydrogen-bond acceptors (Lipinski definition) is 4. The number of anilines is 1. The predicted molar refractivity (Wildman–Crippen MR) is 83.0 cm³/mol. The van der Waals surface area contributed by atoms with Crippen LogP contribution in [0.5, 0.6) is 11.5 Å². The smallest absolute Gasteiger partial charge is 0.240 e. The van der Waals surface area contributed by atoms with Gasteiger partial charge >= 0.3 is 0 Å². The topological polar surface area (TPSA) is 81.4 Å².